The molecule has 0 radical (unpaired) electrons. The van der Waals surface area contributed by atoms with Crippen molar-refractivity contribution in [3.05, 3.63) is 28.8 Å². The lowest BCUT2D eigenvalue weighted by Gasteiger charge is -2.07. The van der Waals surface area contributed by atoms with Gasteiger partial charge in [0.1, 0.15) is 4.90 Å². The average molecular weight is 243 g/mol. The highest BCUT2D eigenvalue weighted by atomic mass is 32.2. The van der Waals surface area contributed by atoms with Crippen LogP contribution in [0.3, 0.4) is 0 Å². The zero-order chi connectivity index (χ0) is 12.0. The first kappa shape index (κ1) is 11.9. The molecule has 0 spiro atoms. The molecule has 0 saturated carbocycles. The average Bonchev–Trinajstić information content (AvgIpc) is 2.09. The molecule has 1 aromatic rings. The van der Waals surface area contributed by atoms with E-state index in [1.54, 1.807) is 0 Å². The van der Waals surface area contributed by atoms with E-state index in [0.717, 1.165) is 6.92 Å². The quantitative estimate of drug-likeness (QED) is 0.457. The number of nitrogens with two attached hydrogens (primary N) is 1. The standard InChI is InChI=1S/C7H5F4NO2S/c1-2-3(8)4(9)5(10)6(11)7(2)15(12,13)14/h1H3,(H2,12,13,14). The van der Waals surface area contributed by atoms with Gasteiger partial charge in [0.2, 0.25) is 10.0 Å². The van der Waals surface area contributed by atoms with Crippen LogP contribution in [0.5, 0.6) is 0 Å². The second kappa shape index (κ2) is 3.46. The predicted molar refractivity (Wildman–Crippen MR) is 42.4 cm³/mol. The van der Waals surface area contributed by atoms with Gasteiger partial charge in [0, 0.05) is 5.56 Å². The van der Waals surface area contributed by atoms with Gasteiger partial charge < -0.3 is 0 Å². The van der Waals surface area contributed by atoms with Gasteiger partial charge in [0.15, 0.2) is 23.3 Å². The third-order valence-corrected chi connectivity index (χ3v) is 2.79. The molecule has 0 fully saturated rings. The molecule has 15 heavy (non-hydrogen) atoms. The minimum Gasteiger partial charge on any atom is -0.225 e. The Morgan fingerprint density at radius 1 is 0.933 bits per heavy atom. The lowest BCUT2D eigenvalue weighted by Crippen LogP contribution is -2.18. The fourth-order valence-electron chi connectivity index (χ4n) is 1.06. The minimum atomic E-state index is -4.65. The molecule has 2 N–H and O–H groups in total. The largest absolute Gasteiger partial charge is 0.241 e. The van der Waals surface area contributed by atoms with Crippen molar-refractivity contribution in [2.45, 2.75) is 11.8 Å². The highest BCUT2D eigenvalue weighted by Crippen LogP contribution is 2.26. The van der Waals surface area contributed by atoms with Crippen molar-refractivity contribution in [3.63, 3.8) is 0 Å². The maximum atomic E-state index is 13.0. The van der Waals surface area contributed by atoms with E-state index in [0.29, 0.717) is 0 Å². The summed E-state index contributed by atoms with van der Waals surface area (Å²) >= 11 is 0. The van der Waals surface area contributed by atoms with Crippen molar-refractivity contribution in [3.8, 4) is 0 Å². The summed E-state index contributed by atoms with van der Waals surface area (Å²) in [5, 5.41) is 4.52. The second-order valence-corrected chi connectivity index (χ2v) is 4.25. The van der Waals surface area contributed by atoms with Crippen LogP contribution in [-0.2, 0) is 10.0 Å². The van der Waals surface area contributed by atoms with Gasteiger partial charge in [-0.15, -0.1) is 0 Å². The number of hydrogen-bond acceptors (Lipinski definition) is 2. The zero-order valence-electron chi connectivity index (χ0n) is 7.31. The predicted octanol–water partition coefficient (Wildman–Crippen LogP) is 1.20. The Labute approximate surface area is 82.6 Å². The lowest BCUT2D eigenvalue weighted by atomic mass is 10.2. The molecule has 0 amide bonds. The first-order valence-corrected chi connectivity index (χ1v) is 5.08. The third-order valence-electron chi connectivity index (χ3n) is 1.73. The summed E-state index contributed by atoms with van der Waals surface area (Å²) in [5.41, 5.74) is -0.895. The molecule has 0 aliphatic carbocycles. The fraction of sp³-hybridized carbons (Fsp3) is 0.143. The fourth-order valence-corrected chi connectivity index (χ4v) is 1.92. The first-order chi connectivity index (χ1) is 6.68. The van der Waals surface area contributed by atoms with Gasteiger partial charge in [0.25, 0.3) is 0 Å². The number of rotatable bonds is 1. The Bertz CT molecular complexity index is 497. The first-order valence-electron chi connectivity index (χ1n) is 3.53. The van der Waals surface area contributed by atoms with Crippen LogP contribution in [0.1, 0.15) is 5.56 Å². The summed E-state index contributed by atoms with van der Waals surface area (Å²) in [6, 6.07) is 0. The van der Waals surface area contributed by atoms with Gasteiger partial charge in [-0.1, -0.05) is 0 Å². The summed E-state index contributed by atoms with van der Waals surface area (Å²) < 4.78 is 72.6. The highest BCUT2D eigenvalue weighted by Gasteiger charge is 2.28. The minimum absolute atomic E-state index is 0.778. The van der Waals surface area contributed by atoms with Gasteiger partial charge >= 0.3 is 0 Å². The van der Waals surface area contributed by atoms with Crippen LogP contribution < -0.4 is 5.14 Å². The van der Waals surface area contributed by atoms with Gasteiger partial charge in [-0.3, -0.25) is 0 Å². The summed E-state index contributed by atoms with van der Waals surface area (Å²) in [6.07, 6.45) is 0. The Morgan fingerprint density at radius 3 is 1.73 bits per heavy atom. The van der Waals surface area contributed by atoms with Gasteiger partial charge in [-0.05, 0) is 6.92 Å². The molecule has 8 heteroatoms. The summed E-state index contributed by atoms with van der Waals surface area (Å²) in [5.74, 6) is -8.08. The van der Waals surface area contributed by atoms with E-state index in [4.69, 9.17) is 0 Å². The molecular formula is C7H5F4NO2S. The highest BCUT2D eigenvalue weighted by molar-refractivity contribution is 7.89. The van der Waals surface area contributed by atoms with E-state index in [2.05, 4.69) is 5.14 Å². The van der Waals surface area contributed by atoms with E-state index in [1.807, 2.05) is 0 Å². The monoisotopic (exact) mass is 243 g/mol. The zero-order valence-corrected chi connectivity index (χ0v) is 8.13. The van der Waals surface area contributed by atoms with Crippen molar-refractivity contribution in [1.29, 1.82) is 0 Å². The number of primary sulfonamides is 1. The Hall–Kier alpha value is -1.15. The van der Waals surface area contributed by atoms with Gasteiger partial charge in [0.05, 0.1) is 0 Å². The molecule has 0 heterocycles. The molecule has 3 nitrogen and oxygen atoms in total. The molecule has 0 aliphatic rings. The summed E-state index contributed by atoms with van der Waals surface area (Å²) in [6.45, 7) is 0.778. The van der Waals surface area contributed by atoms with Gasteiger partial charge in [-0.2, -0.15) is 0 Å². The van der Waals surface area contributed by atoms with Crippen molar-refractivity contribution in [2.75, 3.05) is 0 Å². The third kappa shape index (κ3) is 1.82. The van der Waals surface area contributed by atoms with E-state index in [1.165, 1.54) is 0 Å². The van der Waals surface area contributed by atoms with Gasteiger partial charge in [-0.25, -0.2) is 31.1 Å². The number of halogens is 4. The molecule has 84 valence electrons. The van der Waals surface area contributed by atoms with Crippen molar-refractivity contribution < 1.29 is 26.0 Å². The van der Waals surface area contributed by atoms with Crippen LogP contribution >= 0.6 is 0 Å². The normalized spacial score (nSPS) is 11.9. The molecule has 0 unspecified atom stereocenters. The Kier molecular flexibility index (Phi) is 2.75. The van der Waals surface area contributed by atoms with E-state index in [9.17, 15) is 26.0 Å². The van der Waals surface area contributed by atoms with Crippen LogP contribution in [0.25, 0.3) is 0 Å². The second-order valence-electron chi connectivity index (χ2n) is 2.76. The number of hydrogen-bond donors (Lipinski definition) is 1. The van der Waals surface area contributed by atoms with Crippen LogP contribution in [0.4, 0.5) is 17.6 Å². The molecule has 0 atom stereocenters. The van der Waals surface area contributed by atoms with Crippen LogP contribution in [-0.4, -0.2) is 8.42 Å². The topological polar surface area (TPSA) is 60.2 Å². The van der Waals surface area contributed by atoms with Crippen molar-refractivity contribution in [2.24, 2.45) is 5.14 Å². The van der Waals surface area contributed by atoms with E-state index < -0.39 is 43.8 Å². The SMILES string of the molecule is Cc1c(F)c(F)c(F)c(F)c1S(N)(=O)=O. The molecule has 0 aliphatic heterocycles. The Balaban J connectivity index is 3.84. The molecule has 0 saturated heterocycles. The molecule has 1 aromatic carbocycles. The molecular weight excluding hydrogens is 238 g/mol. The molecule has 1 rings (SSSR count). The van der Waals surface area contributed by atoms with E-state index in [-0.39, 0.29) is 0 Å². The van der Waals surface area contributed by atoms with Crippen LogP contribution in [0, 0.1) is 30.2 Å². The molecule has 0 aromatic heterocycles. The number of benzene rings is 1. The maximum Gasteiger partial charge on any atom is 0.241 e. The van der Waals surface area contributed by atoms with Crippen molar-refractivity contribution >= 4 is 10.0 Å². The Morgan fingerprint density at radius 2 is 1.33 bits per heavy atom. The van der Waals surface area contributed by atoms with Crippen molar-refractivity contribution in [1.82, 2.24) is 0 Å². The lowest BCUT2D eigenvalue weighted by molar-refractivity contribution is 0.392. The smallest absolute Gasteiger partial charge is 0.225 e. The number of sulfonamides is 1. The van der Waals surface area contributed by atoms with Crippen LogP contribution in [0.2, 0.25) is 0 Å². The van der Waals surface area contributed by atoms with Crippen LogP contribution in [0.15, 0.2) is 4.90 Å². The summed E-state index contributed by atoms with van der Waals surface area (Å²) in [4.78, 5) is -1.38. The summed E-state index contributed by atoms with van der Waals surface area (Å²) in [7, 11) is -4.65. The van der Waals surface area contributed by atoms with E-state index >= 15 is 0 Å². The maximum absolute atomic E-state index is 13.0. The molecule has 0 bridgehead atoms.